The summed E-state index contributed by atoms with van der Waals surface area (Å²) in [6.07, 6.45) is 0. The van der Waals surface area contributed by atoms with Crippen LogP contribution in [0.25, 0.3) is 20.7 Å². The summed E-state index contributed by atoms with van der Waals surface area (Å²) >= 11 is 7.50. The lowest BCUT2D eigenvalue weighted by Crippen LogP contribution is -1.83. The summed E-state index contributed by atoms with van der Waals surface area (Å²) in [5.41, 5.74) is 9.36. The van der Waals surface area contributed by atoms with Gasteiger partial charge in [0.05, 0.1) is 5.39 Å². The van der Waals surface area contributed by atoms with E-state index in [0.29, 0.717) is 5.15 Å². The number of aryl methyl sites for hydroxylation is 2. The summed E-state index contributed by atoms with van der Waals surface area (Å²) < 4.78 is 0. The average molecular weight is 240 g/mol. The summed E-state index contributed by atoms with van der Waals surface area (Å²) in [6, 6.07) is 0. The summed E-state index contributed by atoms with van der Waals surface area (Å²) in [4.78, 5) is 12.5. The second-order valence-corrected chi connectivity index (χ2v) is 4.53. The molecule has 0 saturated carbocycles. The van der Waals surface area contributed by atoms with Crippen molar-refractivity contribution in [2.75, 3.05) is 0 Å². The average Bonchev–Trinajstić information content (AvgIpc) is 2.43. The molecule has 2 heterocycles. The van der Waals surface area contributed by atoms with Gasteiger partial charge in [0.15, 0.2) is 0 Å². The van der Waals surface area contributed by atoms with Gasteiger partial charge in [0.2, 0.25) is 5.95 Å². The highest BCUT2D eigenvalue weighted by Crippen LogP contribution is 2.33. The predicted molar refractivity (Wildman–Crippen MR) is 60.7 cm³/mol. The Balaban J connectivity index is 2.83. The molecule has 2 aromatic rings. The van der Waals surface area contributed by atoms with E-state index in [1.807, 2.05) is 13.8 Å². The molecular weight excluding hydrogens is 234 g/mol. The molecule has 0 radical (unpaired) electrons. The zero-order valence-corrected chi connectivity index (χ0v) is 9.59. The number of rotatable bonds is 1. The van der Waals surface area contributed by atoms with Gasteiger partial charge >= 0.3 is 0 Å². The second-order valence-electron chi connectivity index (χ2n) is 2.97. The molecule has 0 aliphatic heterocycles. The first-order chi connectivity index (χ1) is 7.13. The normalized spacial score (nSPS) is 10.3. The first-order valence-electron chi connectivity index (χ1n) is 4.12. The predicted octanol–water partition coefficient (Wildman–Crippen LogP) is 3.90. The zero-order chi connectivity index (χ0) is 11.0. The van der Waals surface area contributed by atoms with E-state index < -0.39 is 0 Å². The van der Waals surface area contributed by atoms with E-state index >= 15 is 0 Å². The van der Waals surface area contributed by atoms with E-state index in [2.05, 4.69) is 20.0 Å². The summed E-state index contributed by atoms with van der Waals surface area (Å²) in [6.45, 7) is 3.96. The van der Waals surface area contributed by atoms with Crippen LogP contribution in [0.2, 0.25) is 5.15 Å². The van der Waals surface area contributed by atoms with Crippen LogP contribution in [0.3, 0.4) is 0 Å². The first-order valence-corrected chi connectivity index (χ1v) is 5.31. The fraction of sp³-hybridized carbons (Fsp3) is 0.250. The molecule has 0 spiro atoms. The lowest BCUT2D eigenvalue weighted by Gasteiger charge is -1.96. The Labute approximate surface area is 94.4 Å². The molecule has 0 aliphatic carbocycles. The van der Waals surface area contributed by atoms with Crippen LogP contribution < -0.4 is 0 Å². The van der Waals surface area contributed by atoms with Gasteiger partial charge in [-0.3, -0.25) is 0 Å². The van der Waals surface area contributed by atoms with Crippen molar-refractivity contribution in [3.8, 4) is 0 Å². The third kappa shape index (κ3) is 1.63. The minimum atomic E-state index is 0.0660. The van der Waals surface area contributed by atoms with Crippen LogP contribution in [-0.4, -0.2) is 9.97 Å². The quantitative estimate of drug-likeness (QED) is 0.328. The smallest absolute Gasteiger partial charge is 0.216 e. The molecule has 0 aromatic carbocycles. The fourth-order valence-electron chi connectivity index (χ4n) is 1.27. The van der Waals surface area contributed by atoms with Crippen molar-refractivity contribution < 1.29 is 0 Å². The molecule has 76 valence electrons. The van der Waals surface area contributed by atoms with Crippen molar-refractivity contribution >= 4 is 39.1 Å². The van der Waals surface area contributed by atoms with Crippen LogP contribution in [0.5, 0.6) is 0 Å². The SMILES string of the molecule is Cc1sc2nc(N=[N+]=[N-])nc(Cl)c2c1C. The van der Waals surface area contributed by atoms with Gasteiger partial charge in [-0.1, -0.05) is 11.6 Å². The highest BCUT2D eigenvalue weighted by atomic mass is 35.5. The number of nitrogens with zero attached hydrogens (tertiary/aromatic N) is 5. The van der Waals surface area contributed by atoms with Crippen LogP contribution in [0, 0.1) is 13.8 Å². The van der Waals surface area contributed by atoms with E-state index in [-0.39, 0.29) is 5.95 Å². The number of aromatic nitrogens is 2. The summed E-state index contributed by atoms with van der Waals surface area (Å²) in [5, 5.41) is 4.52. The number of azide groups is 1. The Bertz CT molecular complexity index is 584. The molecule has 0 unspecified atom stereocenters. The minimum Gasteiger partial charge on any atom is -0.216 e. The van der Waals surface area contributed by atoms with Gasteiger partial charge in [-0.2, -0.15) is 0 Å². The molecule has 5 nitrogen and oxygen atoms in total. The van der Waals surface area contributed by atoms with E-state index in [1.54, 1.807) is 0 Å². The van der Waals surface area contributed by atoms with Crippen LogP contribution in [0.4, 0.5) is 5.95 Å². The maximum Gasteiger partial charge on any atom is 0.219 e. The Kier molecular flexibility index (Phi) is 2.48. The molecule has 0 amide bonds. The molecule has 0 N–H and O–H groups in total. The third-order valence-corrected chi connectivity index (χ3v) is 3.48. The molecule has 0 atom stereocenters. The highest BCUT2D eigenvalue weighted by Gasteiger charge is 2.12. The van der Waals surface area contributed by atoms with Gasteiger partial charge in [-0.15, -0.1) is 11.3 Å². The van der Waals surface area contributed by atoms with Crippen molar-refractivity contribution in [1.82, 2.24) is 9.97 Å². The standard InChI is InChI=1S/C8H6ClN5S/c1-3-4(2)15-7-5(3)6(9)11-8(12-7)13-14-10/h1-2H3. The summed E-state index contributed by atoms with van der Waals surface area (Å²) in [7, 11) is 0. The molecule has 0 fully saturated rings. The Hall–Kier alpha value is -1.36. The van der Waals surface area contributed by atoms with E-state index in [4.69, 9.17) is 17.1 Å². The van der Waals surface area contributed by atoms with Gasteiger partial charge in [0.1, 0.15) is 9.98 Å². The number of fused-ring (bicyclic) bond motifs is 1. The van der Waals surface area contributed by atoms with Crippen molar-refractivity contribution in [1.29, 1.82) is 0 Å². The molecule has 0 bridgehead atoms. The second kappa shape index (κ2) is 3.66. The number of hydrogen-bond acceptors (Lipinski definition) is 4. The van der Waals surface area contributed by atoms with Crippen molar-refractivity contribution in [2.45, 2.75) is 13.8 Å². The van der Waals surface area contributed by atoms with E-state index in [0.717, 1.165) is 20.7 Å². The zero-order valence-electron chi connectivity index (χ0n) is 8.02. The molecule has 0 aliphatic rings. The van der Waals surface area contributed by atoms with E-state index in [1.165, 1.54) is 11.3 Å². The van der Waals surface area contributed by atoms with Gasteiger partial charge in [0.25, 0.3) is 0 Å². The molecule has 2 aromatic heterocycles. The molecule has 0 saturated heterocycles. The number of halogens is 1. The van der Waals surface area contributed by atoms with E-state index in [9.17, 15) is 0 Å². The van der Waals surface area contributed by atoms with Crippen LogP contribution in [0.1, 0.15) is 10.4 Å². The van der Waals surface area contributed by atoms with Crippen molar-refractivity contribution in [3.63, 3.8) is 0 Å². The van der Waals surface area contributed by atoms with Gasteiger partial charge in [-0.25, -0.2) is 9.97 Å². The Morgan fingerprint density at radius 1 is 1.40 bits per heavy atom. The van der Waals surface area contributed by atoms with Crippen LogP contribution in [0.15, 0.2) is 5.11 Å². The molecule has 15 heavy (non-hydrogen) atoms. The van der Waals surface area contributed by atoms with Crippen molar-refractivity contribution in [2.24, 2.45) is 5.11 Å². The van der Waals surface area contributed by atoms with Gasteiger partial charge < -0.3 is 0 Å². The molecule has 7 heteroatoms. The van der Waals surface area contributed by atoms with Crippen LogP contribution in [-0.2, 0) is 0 Å². The number of hydrogen-bond donors (Lipinski definition) is 0. The Morgan fingerprint density at radius 3 is 2.80 bits per heavy atom. The lowest BCUT2D eigenvalue weighted by atomic mass is 10.2. The van der Waals surface area contributed by atoms with Gasteiger partial charge in [-0.05, 0) is 30.1 Å². The lowest BCUT2D eigenvalue weighted by molar-refractivity contribution is 1.17. The Morgan fingerprint density at radius 2 is 2.13 bits per heavy atom. The fourth-order valence-corrected chi connectivity index (χ4v) is 2.66. The monoisotopic (exact) mass is 239 g/mol. The highest BCUT2D eigenvalue weighted by molar-refractivity contribution is 7.18. The minimum absolute atomic E-state index is 0.0660. The van der Waals surface area contributed by atoms with Gasteiger partial charge in [0, 0.05) is 9.79 Å². The number of thiophene rings is 1. The van der Waals surface area contributed by atoms with Crippen LogP contribution >= 0.6 is 22.9 Å². The van der Waals surface area contributed by atoms with Crippen molar-refractivity contribution in [3.05, 3.63) is 26.0 Å². The maximum atomic E-state index is 8.28. The molecular formula is C8H6ClN5S. The summed E-state index contributed by atoms with van der Waals surface area (Å²) in [5.74, 6) is 0.0660. The third-order valence-electron chi connectivity index (χ3n) is 2.11. The largest absolute Gasteiger partial charge is 0.219 e. The first kappa shape index (κ1) is 10.2. The maximum absolute atomic E-state index is 8.28. The topological polar surface area (TPSA) is 74.5 Å². The molecule has 2 rings (SSSR count).